The highest BCUT2D eigenvalue weighted by Crippen LogP contribution is 2.23. The van der Waals surface area contributed by atoms with Gasteiger partial charge >= 0.3 is 6.09 Å². The van der Waals surface area contributed by atoms with E-state index in [0.29, 0.717) is 24.0 Å². The first-order chi connectivity index (χ1) is 14.0. The largest absolute Gasteiger partial charge is 0.439 e. The third-order valence-corrected chi connectivity index (χ3v) is 5.19. The molecule has 2 heterocycles. The minimum Gasteiger partial charge on any atom is -0.439 e. The maximum atomic E-state index is 11.6. The predicted octanol–water partition coefficient (Wildman–Crippen LogP) is 2.68. The van der Waals surface area contributed by atoms with Crippen molar-refractivity contribution in [1.29, 1.82) is 0 Å². The lowest BCUT2D eigenvalue weighted by Crippen LogP contribution is -2.39. The van der Waals surface area contributed by atoms with Crippen LogP contribution in [0, 0.1) is 5.92 Å². The fourth-order valence-corrected chi connectivity index (χ4v) is 3.32. The fourth-order valence-electron chi connectivity index (χ4n) is 3.20. The summed E-state index contributed by atoms with van der Waals surface area (Å²) in [6, 6.07) is 9.46. The number of nitrogens with one attached hydrogen (secondary N) is 2. The first-order valence-corrected chi connectivity index (χ1v) is 9.96. The topological polar surface area (TPSA) is 96.7 Å². The van der Waals surface area contributed by atoms with E-state index in [-0.39, 0.29) is 12.5 Å². The molecule has 0 saturated carbocycles. The Balaban J connectivity index is 1.38. The zero-order valence-corrected chi connectivity index (χ0v) is 17.1. The maximum absolute atomic E-state index is 11.6. The first kappa shape index (κ1) is 21.1. The van der Waals surface area contributed by atoms with Crippen LogP contribution in [0.1, 0.15) is 18.6 Å². The molecule has 0 aliphatic carbocycles. The molecule has 0 bridgehead atoms. The second-order valence-corrected chi connectivity index (χ2v) is 7.47. The minimum absolute atomic E-state index is 0.268. The summed E-state index contributed by atoms with van der Waals surface area (Å²) >= 11 is 5.92. The first-order valence-electron chi connectivity index (χ1n) is 9.58. The Hall–Kier alpha value is -2.58. The van der Waals surface area contributed by atoms with E-state index >= 15 is 0 Å². The van der Waals surface area contributed by atoms with Crippen LogP contribution in [-0.4, -0.2) is 55.3 Å². The number of rotatable bonds is 7. The molecule has 8 nitrogen and oxygen atoms in total. The molecular formula is C20H25ClN4O4. The molecule has 156 valence electrons. The van der Waals surface area contributed by atoms with E-state index in [2.05, 4.69) is 20.7 Å². The lowest BCUT2D eigenvalue weighted by Gasteiger charge is -2.31. The van der Waals surface area contributed by atoms with Crippen LogP contribution >= 0.6 is 11.6 Å². The summed E-state index contributed by atoms with van der Waals surface area (Å²) in [5.41, 5.74) is 1.77. The van der Waals surface area contributed by atoms with Gasteiger partial charge in [0.25, 0.3) is 5.91 Å². The molecule has 9 heteroatoms. The molecule has 0 radical (unpaired) electrons. The smallest absolute Gasteiger partial charge is 0.407 e. The zero-order chi connectivity index (χ0) is 20.6. The predicted molar refractivity (Wildman–Crippen MR) is 108 cm³/mol. The Morgan fingerprint density at radius 3 is 2.69 bits per heavy atom. The second-order valence-electron chi connectivity index (χ2n) is 7.04. The average molecular weight is 421 g/mol. The van der Waals surface area contributed by atoms with Crippen LogP contribution in [0.25, 0.3) is 11.3 Å². The molecule has 1 aromatic carbocycles. The number of amides is 2. The number of hydrogen-bond donors (Lipinski definition) is 2. The van der Waals surface area contributed by atoms with Gasteiger partial charge in [-0.25, -0.2) is 4.79 Å². The molecule has 0 spiro atoms. The molecule has 2 aromatic rings. The lowest BCUT2D eigenvalue weighted by molar-refractivity contribution is -0.123. The highest BCUT2D eigenvalue weighted by molar-refractivity contribution is 6.30. The number of ether oxygens (including phenoxy) is 1. The summed E-state index contributed by atoms with van der Waals surface area (Å²) in [6.45, 7) is 2.81. The van der Waals surface area contributed by atoms with Gasteiger partial charge in [0.1, 0.15) is 5.69 Å². The fraction of sp³-hybridized carbons (Fsp3) is 0.450. The lowest BCUT2D eigenvalue weighted by atomic mass is 9.97. The van der Waals surface area contributed by atoms with Crippen LogP contribution in [-0.2, 0) is 16.1 Å². The minimum atomic E-state index is -0.563. The van der Waals surface area contributed by atoms with Crippen molar-refractivity contribution >= 4 is 23.6 Å². The number of alkyl carbamates (subject to hydrolysis) is 1. The van der Waals surface area contributed by atoms with Crippen molar-refractivity contribution in [2.24, 2.45) is 5.92 Å². The number of nitrogens with zero attached hydrogens (tertiary/aromatic N) is 2. The van der Waals surface area contributed by atoms with Crippen molar-refractivity contribution < 1.29 is 18.8 Å². The van der Waals surface area contributed by atoms with E-state index in [4.69, 9.17) is 20.9 Å². The maximum Gasteiger partial charge on any atom is 0.407 e. The summed E-state index contributed by atoms with van der Waals surface area (Å²) in [6.07, 6.45) is 1.37. The van der Waals surface area contributed by atoms with Crippen molar-refractivity contribution in [2.75, 3.05) is 33.3 Å². The molecule has 1 aliphatic rings. The van der Waals surface area contributed by atoms with E-state index in [9.17, 15) is 9.59 Å². The SMILES string of the molecule is CNC(=O)COC(=O)NCC1CCN(Cc2cc(-c3ccc(Cl)cc3)no2)CC1. The average Bonchev–Trinajstić information content (AvgIpc) is 3.20. The number of piperidine rings is 1. The van der Waals surface area contributed by atoms with Gasteiger partial charge < -0.3 is 19.9 Å². The van der Waals surface area contributed by atoms with Gasteiger partial charge in [0.2, 0.25) is 0 Å². The molecule has 2 N–H and O–H groups in total. The molecule has 3 rings (SSSR count). The van der Waals surface area contributed by atoms with Gasteiger partial charge in [-0.15, -0.1) is 0 Å². The van der Waals surface area contributed by atoms with Crippen LogP contribution < -0.4 is 10.6 Å². The summed E-state index contributed by atoms with van der Waals surface area (Å²) in [4.78, 5) is 25.0. The number of benzene rings is 1. The van der Waals surface area contributed by atoms with Crippen molar-refractivity contribution in [1.82, 2.24) is 20.7 Å². The Kier molecular flexibility index (Phi) is 7.48. The van der Waals surface area contributed by atoms with E-state index < -0.39 is 6.09 Å². The number of likely N-dealkylation sites (tertiary alicyclic amines) is 1. The van der Waals surface area contributed by atoms with Crippen LogP contribution in [0.5, 0.6) is 0 Å². The highest BCUT2D eigenvalue weighted by Gasteiger charge is 2.21. The third-order valence-electron chi connectivity index (χ3n) is 4.93. The molecule has 29 heavy (non-hydrogen) atoms. The van der Waals surface area contributed by atoms with Gasteiger partial charge in [-0.3, -0.25) is 9.69 Å². The van der Waals surface area contributed by atoms with Gasteiger partial charge in [-0.05, 0) is 44.0 Å². The van der Waals surface area contributed by atoms with E-state index in [1.165, 1.54) is 7.05 Å². The molecule has 1 aromatic heterocycles. The van der Waals surface area contributed by atoms with Crippen LogP contribution in [0.3, 0.4) is 0 Å². The molecule has 1 fully saturated rings. The van der Waals surface area contributed by atoms with Gasteiger partial charge in [-0.1, -0.05) is 28.9 Å². The normalized spacial score (nSPS) is 15.1. The summed E-state index contributed by atoms with van der Waals surface area (Å²) in [5.74, 6) is 0.877. The number of halogens is 1. The second kappa shape index (κ2) is 10.3. The van der Waals surface area contributed by atoms with Gasteiger partial charge in [-0.2, -0.15) is 0 Å². The zero-order valence-electron chi connectivity index (χ0n) is 16.3. The number of likely N-dealkylation sites (N-methyl/N-ethyl adjacent to an activating group) is 1. The monoisotopic (exact) mass is 420 g/mol. The Morgan fingerprint density at radius 1 is 1.28 bits per heavy atom. The molecule has 0 atom stereocenters. The molecular weight excluding hydrogens is 396 g/mol. The Labute approximate surface area is 174 Å². The third kappa shape index (κ3) is 6.47. The molecule has 0 unspecified atom stereocenters. The molecule has 1 aliphatic heterocycles. The van der Waals surface area contributed by atoms with Crippen LogP contribution in [0.4, 0.5) is 4.79 Å². The van der Waals surface area contributed by atoms with Gasteiger partial charge in [0, 0.05) is 30.2 Å². The quantitative estimate of drug-likeness (QED) is 0.714. The van der Waals surface area contributed by atoms with Crippen LogP contribution in [0.15, 0.2) is 34.9 Å². The number of hydrogen-bond acceptors (Lipinski definition) is 6. The van der Waals surface area contributed by atoms with E-state index in [0.717, 1.165) is 42.9 Å². The van der Waals surface area contributed by atoms with Gasteiger partial charge in [0.15, 0.2) is 12.4 Å². The van der Waals surface area contributed by atoms with Crippen molar-refractivity contribution in [3.63, 3.8) is 0 Å². The summed E-state index contributed by atoms with van der Waals surface area (Å²) in [5, 5.41) is 9.96. The Morgan fingerprint density at radius 2 is 2.00 bits per heavy atom. The number of carbonyl (C=O) groups excluding carboxylic acids is 2. The van der Waals surface area contributed by atoms with Gasteiger partial charge in [0.05, 0.1) is 6.54 Å². The summed E-state index contributed by atoms with van der Waals surface area (Å²) < 4.78 is 10.3. The van der Waals surface area contributed by atoms with Crippen molar-refractivity contribution in [3.8, 4) is 11.3 Å². The van der Waals surface area contributed by atoms with E-state index in [1.807, 2.05) is 30.3 Å². The molecule has 2 amide bonds. The Bertz CT molecular complexity index is 816. The van der Waals surface area contributed by atoms with Crippen molar-refractivity contribution in [3.05, 3.63) is 41.1 Å². The van der Waals surface area contributed by atoms with E-state index in [1.54, 1.807) is 0 Å². The molecule has 1 saturated heterocycles. The standard InChI is InChI=1S/C20H25ClN4O4/c1-22-19(26)13-28-20(27)23-11-14-6-8-25(9-7-14)12-17-10-18(24-29-17)15-2-4-16(21)5-3-15/h2-5,10,14H,6-9,11-13H2,1H3,(H,22,26)(H,23,27). The highest BCUT2D eigenvalue weighted by atomic mass is 35.5. The summed E-state index contributed by atoms with van der Waals surface area (Å²) in [7, 11) is 1.49. The van der Waals surface area contributed by atoms with Crippen molar-refractivity contribution in [2.45, 2.75) is 19.4 Å². The number of aromatic nitrogens is 1. The number of carbonyl (C=O) groups is 2. The van der Waals surface area contributed by atoms with Crippen LogP contribution in [0.2, 0.25) is 5.02 Å².